The number of hydrogen-bond donors (Lipinski definition) is 1. The van der Waals surface area contributed by atoms with Gasteiger partial charge >= 0.3 is 0 Å². The first kappa shape index (κ1) is 17.9. The number of carbonyl (C=O) groups is 1. The van der Waals surface area contributed by atoms with Crippen molar-refractivity contribution < 1.29 is 18.7 Å². The average molecular weight is 395 g/mol. The van der Waals surface area contributed by atoms with E-state index in [1.807, 2.05) is 12.1 Å². The summed E-state index contributed by atoms with van der Waals surface area (Å²) in [5, 5.41) is 4.02. The average Bonchev–Trinajstić information content (AvgIpc) is 2.57. The van der Waals surface area contributed by atoms with Gasteiger partial charge in [-0.1, -0.05) is 6.07 Å². The van der Waals surface area contributed by atoms with Gasteiger partial charge in [0.1, 0.15) is 17.3 Å². The van der Waals surface area contributed by atoms with Gasteiger partial charge in [0.2, 0.25) is 0 Å². The molecule has 0 aliphatic heterocycles. The maximum absolute atomic E-state index is 13.0. The third kappa shape index (κ3) is 5.06. The second-order valence-electron chi connectivity index (χ2n) is 4.83. The summed E-state index contributed by atoms with van der Waals surface area (Å²) < 4.78 is 24.1. The van der Waals surface area contributed by atoms with E-state index >= 15 is 0 Å². The highest BCUT2D eigenvalue weighted by atomic mass is 79.9. The van der Waals surface area contributed by atoms with Crippen molar-refractivity contribution in [2.75, 3.05) is 13.7 Å². The number of nitrogens with zero attached hydrogens (tertiary/aromatic N) is 1. The van der Waals surface area contributed by atoms with Crippen molar-refractivity contribution in [3.8, 4) is 11.5 Å². The molecule has 126 valence electrons. The van der Waals surface area contributed by atoms with E-state index in [0.717, 1.165) is 10.0 Å². The molecular weight excluding hydrogens is 379 g/mol. The van der Waals surface area contributed by atoms with Gasteiger partial charge in [-0.2, -0.15) is 5.10 Å². The number of carbonyl (C=O) groups excluding carboxylic acids is 1. The monoisotopic (exact) mass is 394 g/mol. The van der Waals surface area contributed by atoms with Crippen LogP contribution >= 0.6 is 15.9 Å². The molecule has 0 aliphatic rings. The van der Waals surface area contributed by atoms with Crippen LogP contribution in [0, 0.1) is 5.82 Å². The number of rotatable bonds is 6. The molecule has 0 aliphatic carbocycles. The van der Waals surface area contributed by atoms with Crippen molar-refractivity contribution in [2.45, 2.75) is 6.92 Å². The normalized spacial score (nSPS) is 11.1. The zero-order chi connectivity index (χ0) is 17.5. The third-order valence-corrected chi connectivity index (χ3v) is 3.70. The van der Waals surface area contributed by atoms with Crippen molar-refractivity contribution >= 4 is 27.5 Å². The lowest BCUT2D eigenvalue weighted by molar-refractivity contribution is -0.123. The summed E-state index contributed by atoms with van der Waals surface area (Å²) in [7, 11) is 1.58. The molecule has 7 heteroatoms. The first-order valence-electron chi connectivity index (χ1n) is 7.05. The fraction of sp³-hybridized carbons (Fsp3) is 0.176. The van der Waals surface area contributed by atoms with E-state index in [1.54, 1.807) is 26.2 Å². The number of nitrogens with one attached hydrogen (secondary N) is 1. The lowest BCUT2D eigenvalue weighted by Crippen LogP contribution is -2.25. The van der Waals surface area contributed by atoms with E-state index in [0.29, 0.717) is 11.5 Å². The molecule has 0 spiro atoms. The number of benzene rings is 2. The standard InChI is InChI=1S/C17H16BrFN2O3/c1-11(12-6-7-16(23-2)15(18)8-12)20-21-17(22)10-24-14-5-3-4-13(19)9-14/h3-9H,10H2,1-2H3,(H,21,22)/b20-11-. The van der Waals surface area contributed by atoms with Crippen LogP contribution in [0.5, 0.6) is 11.5 Å². The van der Waals surface area contributed by atoms with E-state index in [1.165, 1.54) is 18.2 Å². The smallest absolute Gasteiger partial charge is 0.277 e. The quantitative estimate of drug-likeness (QED) is 0.602. The van der Waals surface area contributed by atoms with Crippen molar-refractivity contribution in [1.29, 1.82) is 0 Å². The Morgan fingerprint density at radius 2 is 2.08 bits per heavy atom. The van der Waals surface area contributed by atoms with E-state index in [2.05, 4.69) is 26.5 Å². The van der Waals surface area contributed by atoms with Crippen molar-refractivity contribution in [3.05, 3.63) is 58.3 Å². The van der Waals surface area contributed by atoms with Crippen molar-refractivity contribution in [2.24, 2.45) is 5.10 Å². The maximum Gasteiger partial charge on any atom is 0.277 e. The van der Waals surface area contributed by atoms with Gasteiger partial charge in [-0.3, -0.25) is 4.79 Å². The zero-order valence-electron chi connectivity index (χ0n) is 13.2. The largest absolute Gasteiger partial charge is 0.496 e. The molecule has 0 atom stereocenters. The fourth-order valence-corrected chi connectivity index (χ4v) is 2.38. The summed E-state index contributed by atoms with van der Waals surface area (Å²) in [6.45, 7) is 1.51. The molecule has 0 radical (unpaired) electrons. The molecule has 0 saturated heterocycles. The summed E-state index contributed by atoms with van der Waals surface area (Å²) in [6, 6.07) is 11.1. The van der Waals surface area contributed by atoms with Crippen LogP contribution in [-0.2, 0) is 4.79 Å². The predicted octanol–water partition coefficient (Wildman–Crippen LogP) is 3.52. The van der Waals surface area contributed by atoms with Crippen LogP contribution in [0.15, 0.2) is 52.0 Å². The molecule has 0 heterocycles. The lowest BCUT2D eigenvalue weighted by Gasteiger charge is -2.07. The van der Waals surface area contributed by atoms with E-state index in [4.69, 9.17) is 9.47 Å². The van der Waals surface area contributed by atoms with Gasteiger partial charge in [-0.05, 0) is 58.7 Å². The molecule has 2 aromatic carbocycles. The summed E-state index contributed by atoms with van der Waals surface area (Å²) in [5.74, 6) is 0.127. The number of amides is 1. The number of methoxy groups -OCH3 is 1. The Morgan fingerprint density at radius 3 is 2.75 bits per heavy atom. The Bertz CT molecular complexity index is 765. The van der Waals surface area contributed by atoms with Gasteiger partial charge in [0, 0.05) is 6.07 Å². The number of ether oxygens (including phenoxy) is 2. The molecule has 0 aromatic heterocycles. The second-order valence-corrected chi connectivity index (χ2v) is 5.68. The van der Waals surface area contributed by atoms with Gasteiger partial charge in [0.25, 0.3) is 5.91 Å². The Kier molecular flexibility index (Phi) is 6.31. The molecule has 24 heavy (non-hydrogen) atoms. The van der Waals surface area contributed by atoms with Crippen LogP contribution in [0.3, 0.4) is 0 Å². The molecule has 0 bridgehead atoms. The van der Waals surface area contributed by atoms with E-state index in [-0.39, 0.29) is 12.4 Å². The minimum atomic E-state index is -0.439. The van der Waals surface area contributed by atoms with Gasteiger partial charge in [0.05, 0.1) is 17.3 Å². The zero-order valence-corrected chi connectivity index (χ0v) is 14.8. The molecule has 5 nitrogen and oxygen atoms in total. The minimum absolute atomic E-state index is 0.257. The molecule has 2 rings (SSSR count). The van der Waals surface area contributed by atoms with Crippen LogP contribution in [0.25, 0.3) is 0 Å². The Balaban J connectivity index is 1.91. The lowest BCUT2D eigenvalue weighted by atomic mass is 10.1. The fourth-order valence-electron chi connectivity index (χ4n) is 1.84. The molecule has 0 saturated carbocycles. The summed E-state index contributed by atoms with van der Waals surface area (Å²) >= 11 is 3.39. The van der Waals surface area contributed by atoms with Gasteiger partial charge in [-0.15, -0.1) is 0 Å². The Hall–Kier alpha value is -2.41. The van der Waals surface area contributed by atoms with Crippen LogP contribution < -0.4 is 14.9 Å². The van der Waals surface area contributed by atoms with Crippen molar-refractivity contribution in [3.63, 3.8) is 0 Å². The molecule has 2 aromatic rings. The van der Waals surface area contributed by atoms with Crippen LogP contribution in [-0.4, -0.2) is 25.3 Å². The summed E-state index contributed by atoms with van der Waals surface area (Å²) in [5.41, 5.74) is 3.85. The number of hydrazone groups is 1. The topological polar surface area (TPSA) is 59.9 Å². The van der Waals surface area contributed by atoms with E-state index in [9.17, 15) is 9.18 Å². The molecule has 1 N–H and O–H groups in total. The van der Waals surface area contributed by atoms with Crippen LogP contribution in [0.4, 0.5) is 4.39 Å². The first-order valence-corrected chi connectivity index (χ1v) is 7.84. The molecule has 1 amide bonds. The highest BCUT2D eigenvalue weighted by Gasteiger charge is 2.06. The van der Waals surface area contributed by atoms with Gasteiger partial charge in [0.15, 0.2) is 6.61 Å². The third-order valence-electron chi connectivity index (χ3n) is 3.08. The highest BCUT2D eigenvalue weighted by molar-refractivity contribution is 9.10. The minimum Gasteiger partial charge on any atom is -0.496 e. The summed E-state index contributed by atoms with van der Waals surface area (Å²) in [6.07, 6.45) is 0. The second kappa shape index (κ2) is 8.44. The van der Waals surface area contributed by atoms with Crippen LogP contribution in [0.1, 0.15) is 12.5 Å². The highest BCUT2D eigenvalue weighted by Crippen LogP contribution is 2.25. The Morgan fingerprint density at radius 1 is 1.29 bits per heavy atom. The van der Waals surface area contributed by atoms with E-state index < -0.39 is 11.7 Å². The SMILES string of the molecule is COc1ccc(/C(C)=N\NC(=O)COc2cccc(F)c2)cc1Br. The number of hydrogen-bond acceptors (Lipinski definition) is 4. The first-order chi connectivity index (χ1) is 11.5. The van der Waals surface area contributed by atoms with Crippen LogP contribution in [0.2, 0.25) is 0 Å². The molecule has 0 unspecified atom stereocenters. The van der Waals surface area contributed by atoms with Gasteiger partial charge in [-0.25, -0.2) is 9.82 Å². The summed E-state index contributed by atoms with van der Waals surface area (Å²) in [4.78, 5) is 11.7. The molecule has 0 fully saturated rings. The number of halogens is 2. The molecular formula is C17H16BrFN2O3. The maximum atomic E-state index is 13.0. The van der Waals surface area contributed by atoms with Crippen molar-refractivity contribution in [1.82, 2.24) is 5.43 Å². The Labute approximate surface area is 147 Å². The van der Waals surface area contributed by atoms with Gasteiger partial charge < -0.3 is 9.47 Å². The predicted molar refractivity (Wildman–Crippen MR) is 92.9 cm³/mol.